The SMILES string of the molecule is COc1ccc(NC(=O)N2CCCCN3C(COCCC(=O)NCCO)C(c4ccc(C#Cc5ccccc5)cc4)C3C2)cc1. The maximum absolute atomic E-state index is 13.4. The smallest absolute Gasteiger partial charge is 0.321 e. The molecular formula is C36H42N4O5. The fraction of sp³-hybridized carbons (Fsp3) is 0.389. The first-order chi connectivity index (χ1) is 22.1. The predicted octanol–water partition coefficient (Wildman–Crippen LogP) is 4.07. The van der Waals surface area contributed by atoms with Crippen LogP contribution in [0.1, 0.15) is 41.9 Å². The monoisotopic (exact) mass is 610 g/mol. The van der Waals surface area contributed by atoms with Crippen molar-refractivity contribution in [2.45, 2.75) is 37.3 Å². The summed E-state index contributed by atoms with van der Waals surface area (Å²) in [6.45, 7) is 3.18. The lowest BCUT2D eigenvalue weighted by atomic mass is 9.74. The third-order valence-corrected chi connectivity index (χ3v) is 8.43. The third-order valence-electron chi connectivity index (χ3n) is 8.43. The van der Waals surface area contributed by atoms with E-state index < -0.39 is 0 Å². The molecule has 2 aliphatic rings. The summed E-state index contributed by atoms with van der Waals surface area (Å²) in [4.78, 5) is 29.8. The van der Waals surface area contributed by atoms with Gasteiger partial charge >= 0.3 is 6.03 Å². The quantitative estimate of drug-likeness (QED) is 0.236. The lowest BCUT2D eigenvalue weighted by molar-refractivity contribution is -0.123. The number of aliphatic hydroxyl groups is 1. The molecule has 2 fully saturated rings. The Morgan fingerprint density at radius 3 is 2.36 bits per heavy atom. The number of rotatable bonds is 10. The molecule has 0 spiro atoms. The van der Waals surface area contributed by atoms with Gasteiger partial charge in [0.2, 0.25) is 5.91 Å². The first-order valence-electron chi connectivity index (χ1n) is 15.6. The summed E-state index contributed by atoms with van der Waals surface area (Å²) in [6, 6.07) is 25.9. The number of aliphatic hydroxyl groups excluding tert-OH is 1. The van der Waals surface area contributed by atoms with Crippen molar-refractivity contribution in [1.29, 1.82) is 0 Å². The van der Waals surface area contributed by atoms with E-state index in [0.717, 1.165) is 42.0 Å². The second-order valence-electron chi connectivity index (χ2n) is 11.3. The van der Waals surface area contributed by atoms with Crippen molar-refractivity contribution >= 4 is 17.6 Å². The van der Waals surface area contributed by atoms with Crippen molar-refractivity contribution in [2.75, 3.05) is 58.4 Å². The Kier molecular flexibility index (Phi) is 11.5. The number of nitrogens with zero attached hydrogens (tertiary/aromatic N) is 2. The van der Waals surface area contributed by atoms with Crippen LogP contribution in [0.2, 0.25) is 0 Å². The van der Waals surface area contributed by atoms with E-state index in [0.29, 0.717) is 26.3 Å². The van der Waals surface area contributed by atoms with E-state index >= 15 is 0 Å². The summed E-state index contributed by atoms with van der Waals surface area (Å²) in [5.74, 6) is 7.24. The van der Waals surface area contributed by atoms with E-state index in [1.54, 1.807) is 7.11 Å². The van der Waals surface area contributed by atoms with E-state index in [4.69, 9.17) is 14.6 Å². The third kappa shape index (κ3) is 8.64. The molecule has 5 rings (SSSR count). The first kappa shape index (κ1) is 32.0. The predicted molar refractivity (Wildman–Crippen MR) is 174 cm³/mol. The average Bonchev–Trinajstić information content (AvgIpc) is 3.06. The van der Waals surface area contributed by atoms with Gasteiger partial charge in [-0.15, -0.1) is 0 Å². The Hall–Kier alpha value is -4.36. The molecule has 0 saturated carbocycles. The number of fused-ring (bicyclic) bond motifs is 1. The van der Waals surface area contributed by atoms with Gasteiger partial charge in [-0.1, -0.05) is 42.2 Å². The molecule has 3 unspecified atom stereocenters. The second kappa shape index (κ2) is 16.1. The summed E-state index contributed by atoms with van der Waals surface area (Å²) < 4.78 is 11.3. The molecule has 3 amide bonds. The van der Waals surface area contributed by atoms with E-state index in [9.17, 15) is 9.59 Å². The maximum Gasteiger partial charge on any atom is 0.321 e. The molecule has 2 saturated heterocycles. The van der Waals surface area contributed by atoms with Crippen LogP contribution in [0.25, 0.3) is 0 Å². The van der Waals surface area contributed by atoms with Crippen molar-refractivity contribution < 1.29 is 24.2 Å². The largest absolute Gasteiger partial charge is 0.497 e. The number of urea groups is 1. The van der Waals surface area contributed by atoms with Crippen LogP contribution in [0.3, 0.4) is 0 Å². The zero-order chi connectivity index (χ0) is 31.4. The Morgan fingerprint density at radius 2 is 1.64 bits per heavy atom. The molecule has 2 heterocycles. The summed E-state index contributed by atoms with van der Waals surface area (Å²) in [6.07, 6.45) is 2.13. The van der Waals surface area contributed by atoms with Gasteiger partial charge in [0.15, 0.2) is 0 Å². The number of carbonyl (C=O) groups is 2. The number of benzene rings is 3. The molecule has 3 aromatic carbocycles. The number of methoxy groups -OCH3 is 1. The Labute approximate surface area is 265 Å². The fourth-order valence-electron chi connectivity index (χ4n) is 6.09. The van der Waals surface area contributed by atoms with Crippen LogP contribution in [0.5, 0.6) is 5.75 Å². The molecule has 3 atom stereocenters. The highest BCUT2D eigenvalue weighted by Crippen LogP contribution is 2.42. The number of amides is 3. The van der Waals surface area contributed by atoms with Gasteiger partial charge in [0.1, 0.15) is 5.75 Å². The number of hydrogen-bond acceptors (Lipinski definition) is 6. The highest BCUT2D eigenvalue weighted by molar-refractivity contribution is 5.89. The van der Waals surface area contributed by atoms with Crippen LogP contribution in [-0.2, 0) is 9.53 Å². The highest BCUT2D eigenvalue weighted by Gasteiger charge is 2.50. The van der Waals surface area contributed by atoms with Crippen molar-refractivity contribution in [3.63, 3.8) is 0 Å². The molecule has 3 aromatic rings. The van der Waals surface area contributed by atoms with Crippen molar-refractivity contribution in [2.24, 2.45) is 0 Å². The Morgan fingerprint density at radius 1 is 0.933 bits per heavy atom. The molecule has 0 bridgehead atoms. The van der Waals surface area contributed by atoms with Gasteiger partial charge in [0.05, 0.1) is 26.9 Å². The van der Waals surface area contributed by atoms with Gasteiger partial charge in [-0.2, -0.15) is 0 Å². The Balaban J connectivity index is 1.30. The van der Waals surface area contributed by atoms with E-state index in [2.05, 4.69) is 51.6 Å². The standard InChI is InChI=1S/C36H42N4O5/c1-44-31-17-15-30(16-18-31)38-36(43)39-21-5-6-22-40-32(25-39)35(33(40)26-45-24-19-34(42)37-20-23-41)29-13-11-28(12-14-29)10-9-27-7-3-2-4-8-27/h2-4,7-8,11-18,32-33,35,41H,5-6,19-26H2,1H3,(H,37,42)(H,38,43). The number of anilines is 1. The molecule has 2 aliphatic heterocycles. The molecule has 3 N–H and O–H groups in total. The van der Waals surface area contributed by atoms with Gasteiger partial charge in [0, 0.05) is 60.9 Å². The van der Waals surface area contributed by atoms with Crippen molar-refractivity contribution in [3.8, 4) is 17.6 Å². The molecule has 0 radical (unpaired) electrons. The summed E-state index contributed by atoms with van der Waals surface area (Å²) >= 11 is 0. The van der Waals surface area contributed by atoms with Crippen molar-refractivity contribution in [3.05, 3.63) is 95.6 Å². The van der Waals surface area contributed by atoms with Crippen LogP contribution in [0, 0.1) is 11.8 Å². The maximum atomic E-state index is 13.4. The molecular weight excluding hydrogens is 568 g/mol. The zero-order valence-corrected chi connectivity index (χ0v) is 25.8. The number of hydrogen-bond donors (Lipinski definition) is 3. The molecule has 45 heavy (non-hydrogen) atoms. The summed E-state index contributed by atoms with van der Waals surface area (Å²) in [5.41, 5.74) is 3.83. The lowest BCUT2D eigenvalue weighted by Crippen LogP contribution is -2.68. The molecule has 0 aromatic heterocycles. The minimum atomic E-state index is -0.135. The zero-order valence-electron chi connectivity index (χ0n) is 25.8. The minimum absolute atomic E-state index is 0.0849. The summed E-state index contributed by atoms with van der Waals surface area (Å²) in [5, 5.41) is 14.7. The number of ether oxygens (including phenoxy) is 2. The molecule has 9 nitrogen and oxygen atoms in total. The highest BCUT2D eigenvalue weighted by atomic mass is 16.5. The summed E-state index contributed by atoms with van der Waals surface area (Å²) in [7, 11) is 1.62. The van der Waals surface area contributed by atoms with Crippen molar-refractivity contribution in [1.82, 2.24) is 15.1 Å². The van der Waals surface area contributed by atoms with Gasteiger partial charge in [-0.25, -0.2) is 4.79 Å². The fourth-order valence-corrected chi connectivity index (χ4v) is 6.09. The van der Waals surface area contributed by atoms with E-state index in [-0.39, 0.29) is 49.5 Å². The number of nitrogens with one attached hydrogen (secondary N) is 2. The van der Waals surface area contributed by atoms with Crippen LogP contribution >= 0.6 is 0 Å². The Bertz CT molecular complexity index is 1450. The van der Waals surface area contributed by atoms with E-state index in [1.165, 1.54) is 5.56 Å². The molecule has 0 aliphatic carbocycles. The van der Waals surface area contributed by atoms with E-state index in [1.807, 2.05) is 59.5 Å². The lowest BCUT2D eigenvalue weighted by Gasteiger charge is -2.57. The van der Waals surface area contributed by atoms with Gasteiger partial charge < -0.3 is 30.1 Å². The minimum Gasteiger partial charge on any atom is -0.497 e. The first-order valence-corrected chi connectivity index (χ1v) is 15.6. The van der Waals surface area contributed by atoms with Gasteiger partial charge in [-0.3, -0.25) is 9.69 Å². The normalized spacial score (nSPS) is 19.5. The van der Waals surface area contributed by atoms with Crippen LogP contribution in [-0.4, -0.2) is 92.0 Å². The van der Waals surface area contributed by atoms with Gasteiger partial charge in [-0.05, 0) is 73.5 Å². The van der Waals surface area contributed by atoms with Gasteiger partial charge in [0.25, 0.3) is 0 Å². The topological polar surface area (TPSA) is 103 Å². The van der Waals surface area contributed by atoms with Crippen LogP contribution < -0.4 is 15.4 Å². The average molecular weight is 611 g/mol. The second-order valence-corrected chi connectivity index (χ2v) is 11.3. The van der Waals surface area contributed by atoms with Crippen LogP contribution in [0.4, 0.5) is 10.5 Å². The molecule has 9 heteroatoms. The molecule has 236 valence electrons. The van der Waals surface area contributed by atoms with Crippen LogP contribution in [0.15, 0.2) is 78.9 Å². The number of carbonyl (C=O) groups excluding carboxylic acids is 2.